The first-order chi connectivity index (χ1) is 11.1. The Labute approximate surface area is 143 Å². The predicted molar refractivity (Wildman–Crippen MR) is 87.6 cm³/mol. The third-order valence-electron chi connectivity index (χ3n) is 3.71. The summed E-state index contributed by atoms with van der Waals surface area (Å²) in [5.74, 6) is -0.611. The van der Waals surface area contributed by atoms with Crippen LogP contribution >= 0.6 is 0 Å². The molecule has 0 radical (unpaired) electrons. The molecule has 7 nitrogen and oxygen atoms in total. The Morgan fingerprint density at radius 1 is 1.38 bits per heavy atom. The SMILES string of the molecule is CC(C)(C)OC(=O)N[C@@H]1C=C[C@@H](CO)O[C@H]1C[C@@H]1COC(C)(C)O1. The third-order valence-corrected chi connectivity index (χ3v) is 3.71. The van der Waals surface area contributed by atoms with Gasteiger partial charge in [-0.3, -0.25) is 0 Å². The number of aliphatic hydroxyl groups is 1. The second-order valence-electron chi connectivity index (χ2n) is 7.64. The van der Waals surface area contributed by atoms with Gasteiger partial charge in [0, 0.05) is 6.42 Å². The normalized spacial score (nSPS) is 32.6. The number of carbonyl (C=O) groups is 1. The summed E-state index contributed by atoms with van der Waals surface area (Å²) >= 11 is 0. The van der Waals surface area contributed by atoms with Crippen LogP contribution in [0, 0.1) is 0 Å². The van der Waals surface area contributed by atoms with Crippen molar-refractivity contribution in [1.82, 2.24) is 5.32 Å². The fourth-order valence-electron chi connectivity index (χ4n) is 2.75. The summed E-state index contributed by atoms with van der Waals surface area (Å²) < 4.78 is 22.6. The number of alkyl carbamates (subject to hydrolysis) is 1. The molecule has 0 saturated carbocycles. The van der Waals surface area contributed by atoms with E-state index in [0.717, 1.165) is 0 Å². The van der Waals surface area contributed by atoms with Gasteiger partial charge in [0.1, 0.15) is 5.60 Å². The number of hydrogen-bond acceptors (Lipinski definition) is 6. The minimum absolute atomic E-state index is 0.111. The minimum Gasteiger partial charge on any atom is -0.444 e. The first-order valence-electron chi connectivity index (χ1n) is 8.34. The van der Waals surface area contributed by atoms with Crippen molar-refractivity contribution < 1.29 is 28.8 Å². The van der Waals surface area contributed by atoms with Gasteiger partial charge in [-0.2, -0.15) is 0 Å². The van der Waals surface area contributed by atoms with Gasteiger partial charge in [0.15, 0.2) is 5.79 Å². The number of carbonyl (C=O) groups excluding carboxylic acids is 1. The van der Waals surface area contributed by atoms with Crippen molar-refractivity contribution in [2.75, 3.05) is 13.2 Å². The van der Waals surface area contributed by atoms with Crippen LogP contribution in [0.2, 0.25) is 0 Å². The van der Waals surface area contributed by atoms with Crippen LogP contribution in [0.15, 0.2) is 12.2 Å². The van der Waals surface area contributed by atoms with Crippen LogP contribution in [-0.2, 0) is 18.9 Å². The number of nitrogens with one attached hydrogen (secondary N) is 1. The maximum absolute atomic E-state index is 12.0. The number of rotatable bonds is 4. The van der Waals surface area contributed by atoms with Crippen molar-refractivity contribution in [2.45, 2.75) is 76.8 Å². The van der Waals surface area contributed by atoms with E-state index in [9.17, 15) is 9.90 Å². The molecule has 0 unspecified atom stereocenters. The first kappa shape index (κ1) is 19.2. The quantitative estimate of drug-likeness (QED) is 0.756. The van der Waals surface area contributed by atoms with E-state index in [-0.39, 0.29) is 31.0 Å². The molecule has 2 heterocycles. The van der Waals surface area contributed by atoms with Crippen molar-refractivity contribution >= 4 is 6.09 Å². The summed E-state index contributed by atoms with van der Waals surface area (Å²) in [4.78, 5) is 12.0. The molecule has 2 rings (SSSR count). The summed E-state index contributed by atoms with van der Waals surface area (Å²) in [5, 5.41) is 12.1. The van der Waals surface area contributed by atoms with Gasteiger partial charge >= 0.3 is 6.09 Å². The molecule has 0 bridgehead atoms. The summed E-state index contributed by atoms with van der Waals surface area (Å²) in [7, 11) is 0. The van der Waals surface area contributed by atoms with Crippen LogP contribution < -0.4 is 5.32 Å². The van der Waals surface area contributed by atoms with E-state index in [1.165, 1.54) is 0 Å². The van der Waals surface area contributed by atoms with Gasteiger partial charge in [-0.1, -0.05) is 12.2 Å². The van der Waals surface area contributed by atoms with Gasteiger partial charge in [0.2, 0.25) is 0 Å². The van der Waals surface area contributed by atoms with Crippen LogP contribution in [0.3, 0.4) is 0 Å². The lowest BCUT2D eigenvalue weighted by Gasteiger charge is -2.34. The van der Waals surface area contributed by atoms with Crippen molar-refractivity contribution in [2.24, 2.45) is 0 Å². The fraction of sp³-hybridized carbons (Fsp3) is 0.824. The smallest absolute Gasteiger partial charge is 0.408 e. The lowest BCUT2D eigenvalue weighted by Crippen LogP contribution is -2.50. The van der Waals surface area contributed by atoms with Gasteiger partial charge in [0.05, 0.1) is 37.6 Å². The van der Waals surface area contributed by atoms with Crippen LogP contribution in [0.4, 0.5) is 4.79 Å². The molecule has 0 aromatic heterocycles. The Morgan fingerprint density at radius 2 is 2.08 bits per heavy atom. The average Bonchev–Trinajstić information content (AvgIpc) is 2.77. The molecule has 2 aliphatic rings. The standard InChI is InChI=1S/C17H29NO6/c1-16(2,3)24-15(20)18-13-7-6-11(9-19)22-14(13)8-12-10-21-17(4,5)23-12/h6-7,11-14,19H,8-10H2,1-5H3,(H,18,20)/t11-,12+,13+,14-/m0/s1. The molecular weight excluding hydrogens is 314 g/mol. The summed E-state index contributed by atoms with van der Waals surface area (Å²) in [6.07, 6.45) is 2.78. The molecule has 2 N–H and O–H groups in total. The van der Waals surface area contributed by atoms with Gasteiger partial charge in [-0.25, -0.2) is 4.79 Å². The summed E-state index contributed by atoms with van der Waals surface area (Å²) in [6.45, 7) is 9.52. The van der Waals surface area contributed by atoms with Crippen molar-refractivity contribution in [3.63, 3.8) is 0 Å². The van der Waals surface area contributed by atoms with Crippen molar-refractivity contribution in [3.8, 4) is 0 Å². The Kier molecular flexibility index (Phi) is 5.91. The Hall–Kier alpha value is -1.15. The van der Waals surface area contributed by atoms with E-state index in [2.05, 4.69) is 5.32 Å². The zero-order valence-electron chi connectivity index (χ0n) is 15.1. The van der Waals surface area contributed by atoms with Gasteiger partial charge in [-0.05, 0) is 34.6 Å². The number of hydrogen-bond donors (Lipinski definition) is 2. The van der Waals surface area contributed by atoms with Crippen molar-refractivity contribution in [1.29, 1.82) is 0 Å². The largest absolute Gasteiger partial charge is 0.444 e. The maximum Gasteiger partial charge on any atom is 0.408 e. The minimum atomic E-state index is -0.611. The zero-order chi connectivity index (χ0) is 18.0. The number of ether oxygens (including phenoxy) is 4. The molecule has 1 fully saturated rings. The number of amides is 1. The van der Waals surface area contributed by atoms with E-state index in [1.54, 1.807) is 6.08 Å². The molecule has 0 spiro atoms. The predicted octanol–water partition coefficient (Wildman–Crippen LogP) is 1.74. The zero-order valence-corrected chi connectivity index (χ0v) is 15.1. The highest BCUT2D eigenvalue weighted by Crippen LogP contribution is 2.28. The molecule has 0 aromatic carbocycles. The third kappa shape index (κ3) is 5.73. The molecule has 138 valence electrons. The first-order valence-corrected chi connectivity index (χ1v) is 8.34. The molecule has 0 aliphatic carbocycles. The average molecular weight is 343 g/mol. The number of aliphatic hydroxyl groups excluding tert-OH is 1. The van der Waals surface area contributed by atoms with E-state index in [1.807, 2.05) is 40.7 Å². The van der Waals surface area contributed by atoms with Crippen LogP contribution in [0.1, 0.15) is 41.0 Å². The molecule has 1 saturated heterocycles. The van der Waals surface area contributed by atoms with Crippen molar-refractivity contribution in [3.05, 3.63) is 12.2 Å². The summed E-state index contributed by atoms with van der Waals surface area (Å²) in [6, 6.07) is -0.352. The van der Waals surface area contributed by atoms with E-state index in [4.69, 9.17) is 18.9 Å². The van der Waals surface area contributed by atoms with Crippen LogP contribution in [0.25, 0.3) is 0 Å². The van der Waals surface area contributed by atoms with Crippen LogP contribution in [-0.4, -0.2) is 60.2 Å². The molecule has 7 heteroatoms. The lowest BCUT2D eigenvalue weighted by atomic mass is 10.0. The molecule has 4 atom stereocenters. The topological polar surface area (TPSA) is 86.3 Å². The molecular formula is C17H29NO6. The highest BCUT2D eigenvalue weighted by atomic mass is 16.7. The van der Waals surface area contributed by atoms with E-state index >= 15 is 0 Å². The monoisotopic (exact) mass is 343 g/mol. The highest BCUT2D eigenvalue weighted by molar-refractivity contribution is 5.68. The Morgan fingerprint density at radius 3 is 2.62 bits per heavy atom. The second kappa shape index (κ2) is 7.39. The Bertz CT molecular complexity index is 470. The van der Waals surface area contributed by atoms with Gasteiger partial charge in [-0.15, -0.1) is 0 Å². The second-order valence-corrected chi connectivity index (χ2v) is 7.64. The van der Waals surface area contributed by atoms with E-state index < -0.39 is 17.5 Å². The molecule has 0 aromatic rings. The molecule has 2 aliphatic heterocycles. The highest BCUT2D eigenvalue weighted by Gasteiger charge is 2.38. The van der Waals surface area contributed by atoms with Gasteiger partial charge in [0.25, 0.3) is 0 Å². The summed E-state index contributed by atoms with van der Waals surface area (Å²) in [5.41, 5.74) is -0.571. The maximum atomic E-state index is 12.0. The lowest BCUT2D eigenvalue weighted by molar-refractivity contribution is -0.145. The fourth-order valence-corrected chi connectivity index (χ4v) is 2.75. The van der Waals surface area contributed by atoms with E-state index in [0.29, 0.717) is 13.0 Å². The molecule has 1 amide bonds. The van der Waals surface area contributed by atoms with Gasteiger partial charge < -0.3 is 29.4 Å². The Balaban J connectivity index is 1.99. The van der Waals surface area contributed by atoms with Crippen LogP contribution in [0.5, 0.6) is 0 Å². The molecule has 24 heavy (non-hydrogen) atoms.